The third-order valence-electron chi connectivity index (χ3n) is 6.70. The average Bonchev–Trinajstić information content (AvgIpc) is 3.39. The summed E-state index contributed by atoms with van der Waals surface area (Å²) in [6, 6.07) is 13.7. The zero-order valence-corrected chi connectivity index (χ0v) is 19.1. The van der Waals surface area contributed by atoms with Gasteiger partial charge in [-0.15, -0.1) is 5.10 Å². The second kappa shape index (κ2) is 10.4. The highest BCUT2D eigenvalue weighted by molar-refractivity contribution is 5.79. The Labute approximate surface area is 201 Å². The number of carboxylic acids is 1. The quantitative estimate of drug-likeness (QED) is 0.530. The molecule has 3 aromatic rings. The summed E-state index contributed by atoms with van der Waals surface area (Å²) in [6.07, 6.45) is 4.06. The summed E-state index contributed by atoms with van der Waals surface area (Å²) >= 11 is 0. The molecular formula is C25H25FN6O3. The number of nitrogens with zero attached hydrogens (tertiary/aromatic N) is 6. The molecule has 0 atom stereocenters. The van der Waals surface area contributed by atoms with Crippen molar-refractivity contribution in [1.82, 2.24) is 25.1 Å². The molecule has 2 aromatic carbocycles. The molecule has 2 heterocycles. The van der Waals surface area contributed by atoms with E-state index in [4.69, 9.17) is 5.26 Å². The standard InChI is InChI=1S/C25H25FN6O3/c26-22-6-3-19(13-20(22)16-27)7-8-25(15-24(34)35)9-11-31(12-10-25)23(33)14-18-1-4-21(5-2-18)32-17-28-29-30-32/h1-6,13,17H,7-12,14-15H2,(H,34,35). The summed E-state index contributed by atoms with van der Waals surface area (Å²) in [4.78, 5) is 26.3. The van der Waals surface area contributed by atoms with Crippen LogP contribution in [0.15, 0.2) is 48.8 Å². The van der Waals surface area contributed by atoms with E-state index in [0.29, 0.717) is 38.8 Å². The zero-order valence-electron chi connectivity index (χ0n) is 19.1. The minimum absolute atomic E-state index is 0.00120. The summed E-state index contributed by atoms with van der Waals surface area (Å²) in [5, 5.41) is 29.6. The number of benzene rings is 2. The number of hydrogen-bond acceptors (Lipinski definition) is 6. The maximum absolute atomic E-state index is 13.6. The number of amides is 1. The van der Waals surface area contributed by atoms with Gasteiger partial charge in [0.25, 0.3) is 0 Å². The fourth-order valence-corrected chi connectivity index (χ4v) is 4.62. The molecule has 180 valence electrons. The van der Waals surface area contributed by atoms with Gasteiger partial charge in [0.2, 0.25) is 5.91 Å². The molecule has 1 amide bonds. The minimum Gasteiger partial charge on any atom is -0.481 e. The van der Waals surface area contributed by atoms with E-state index in [1.165, 1.54) is 23.1 Å². The monoisotopic (exact) mass is 476 g/mol. The number of carboxylic acid groups (broad SMARTS) is 1. The molecule has 35 heavy (non-hydrogen) atoms. The van der Waals surface area contributed by atoms with Crippen molar-refractivity contribution in [2.75, 3.05) is 13.1 Å². The van der Waals surface area contributed by atoms with Crippen molar-refractivity contribution < 1.29 is 19.1 Å². The Morgan fingerprint density at radius 2 is 1.83 bits per heavy atom. The molecular weight excluding hydrogens is 451 g/mol. The number of likely N-dealkylation sites (tertiary alicyclic amines) is 1. The first-order chi connectivity index (χ1) is 16.9. The number of carbonyl (C=O) groups is 2. The van der Waals surface area contributed by atoms with Crippen LogP contribution in [-0.4, -0.2) is 55.2 Å². The topological polar surface area (TPSA) is 125 Å². The SMILES string of the molecule is N#Cc1cc(CCC2(CC(=O)O)CCN(C(=O)Cc3ccc(-n4cnnn4)cc3)CC2)ccc1F. The van der Waals surface area contributed by atoms with E-state index in [9.17, 15) is 19.1 Å². The van der Waals surface area contributed by atoms with E-state index in [2.05, 4.69) is 15.5 Å². The molecule has 0 saturated carbocycles. The Morgan fingerprint density at radius 1 is 1.11 bits per heavy atom. The van der Waals surface area contributed by atoms with Gasteiger partial charge in [0.05, 0.1) is 24.1 Å². The number of aromatic nitrogens is 4. The fourth-order valence-electron chi connectivity index (χ4n) is 4.62. The number of aliphatic carboxylic acids is 1. The number of rotatable bonds is 8. The lowest BCUT2D eigenvalue weighted by molar-refractivity contribution is -0.141. The third-order valence-corrected chi connectivity index (χ3v) is 6.70. The molecule has 0 spiro atoms. The maximum Gasteiger partial charge on any atom is 0.303 e. The van der Waals surface area contributed by atoms with Crippen LogP contribution in [0, 0.1) is 22.6 Å². The normalized spacial score (nSPS) is 14.9. The van der Waals surface area contributed by atoms with Gasteiger partial charge in [-0.1, -0.05) is 18.2 Å². The van der Waals surface area contributed by atoms with Gasteiger partial charge in [0.1, 0.15) is 18.2 Å². The highest BCUT2D eigenvalue weighted by atomic mass is 19.1. The number of aryl methyl sites for hydroxylation is 1. The second-order valence-electron chi connectivity index (χ2n) is 8.97. The molecule has 0 bridgehead atoms. The smallest absolute Gasteiger partial charge is 0.303 e. The van der Waals surface area contributed by atoms with Gasteiger partial charge in [-0.25, -0.2) is 9.07 Å². The zero-order chi connectivity index (χ0) is 24.8. The molecule has 1 saturated heterocycles. The lowest BCUT2D eigenvalue weighted by Gasteiger charge is -2.41. The second-order valence-corrected chi connectivity index (χ2v) is 8.97. The average molecular weight is 477 g/mol. The molecule has 1 N–H and O–H groups in total. The number of carbonyl (C=O) groups excluding carboxylic acids is 1. The van der Waals surface area contributed by atoms with E-state index in [-0.39, 0.29) is 24.3 Å². The van der Waals surface area contributed by atoms with Gasteiger partial charge in [-0.05, 0) is 76.9 Å². The lowest BCUT2D eigenvalue weighted by Crippen LogP contribution is -2.44. The van der Waals surface area contributed by atoms with E-state index in [1.54, 1.807) is 11.0 Å². The van der Waals surface area contributed by atoms with Crippen LogP contribution in [0.4, 0.5) is 4.39 Å². The minimum atomic E-state index is -0.871. The van der Waals surface area contributed by atoms with Crippen LogP contribution in [0.1, 0.15) is 42.4 Å². The third kappa shape index (κ3) is 5.87. The van der Waals surface area contributed by atoms with Crippen molar-refractivity contribution in [2.24, 2.45) is 5.41 Å². The lowest BCUT2D eigenvalue weighted by atomic mass is 9.71. The van der Waals surface area contributed by atoms with E-state index < -0.39 is 17.2 Å². The molecule has 0 aliphatic carbocycles. The largest absolute Gasteiger partial charge is 0.481 e. The molecule has 4 rings (SSSR count). The summed E-state index contributed by atoms with van der Waals surface area (Å²) in [5.41, 5.74) is 2.01. The van der Waals surface area contributed by atoms with Crippen LogP contribution in [0.5, 0.6) is 0 Å². The number of hydrogen-bond donors (Lipinski definition) is 1. The first kappa shape index (κ1) is 24.0. The Morgan fingerprint density at radius 3 is 2.46 bits per heavy atom. The number of tetrazole rings is 1. The van der Waals surface area contributed by atoms with Crippen molar-refractivity contribution in [2.45, 2.75) is 38.5 Å². The van der Waals surface area contributed by atoms with E-state index in [0.717, 1.165) is 16.8 Å². The molecule has 9 nitrogen and oxygen atoms in total. The molecule has 1 aromatic heterocycles. The summed E-state index contributed by atoms with van der Waals surface area (Å²) in [5.74, 6) is -1.43. The van der Waals surface area contributed by atoms with E-state index >= 15 is 0 Å². The van der Waals surface area contributed by atoms with Crippen LogP contribution in [-0.2, 0) is 22.4 Å². The highest BCUT2D eigenvalue weighted by Crippen LogP contribution is 2.40. The van der Waals surface area contributed by atoms with Crippen molar-refractivity contribution in [1.29, 1.82) is 5.26 Å². The summed E-state index contributed by atoms with van der Waals surface area (Å²) < 4.78 is 15.2. The van der Waals surface area contributed by atoms with E-state index in [1.807, 2.05) is 30.3 Å². The Hall–Kier alpha value is -4.13. The first-order valence-electron chi connectivity index (χ1n) is 11.4. The number of nitriles is 1. The first-order valence-corrected chi connectivity index (χ1v) is 11.4. The number of piperidine rings is 1. The Kier molecular flexibility index (Phi) is 7.15. The number of halogens is 1. The van der Waals surface area contributed by atoms with Crippen molar-refractivity contribution in [3.63, 3.8) is 0 Å². The molecule has 1 aliphatic rings. The Balaban J connectivity index is 1.36. The highest BCUT2D eigenvalue weighted by Gasteiger charge is 2.37. The van der Waals surface area contributed by atoms with Gasteiger partial charge >= 0.3 is 5.97 Å². The fraction of sp³-hybridized carbons (Fsp3) is 0.360. The summed E-state index contributed by atoms with van der Waals surface area (Å²) in [6.45, 7) is 0.976. The molecule has 0 unspecified atom stereocenters. The van der Waals surface area contributed by atoms with Crippen LogP contribution in [0.3, 0.4) is 0 Å². The van der Waals surface area contributed by atoms with Gasteiger partial charge in [-0.2, -0.15) is 5.26 Å². The maximum atomic E-state index is 13.6. The van der Waals surface area contributed by atoms with Gasteiger partial charge in [0, 0.05) is 13.1 Å². The van der Waals surface area contributed by atoms with Crippen LogP contribution >= 0.6 is 0 Å². The summed E-state index contributed by atoms with van der Waals surface area (Å²) in [7, 11) is 0. The van der Waals surface area contributed by atoms with Gasteiger partial charge in [-0.3, -0.25) is 9.59 Å². The van der Waals surface area contributed by atoms with Gasteiger partial charge < -0.3 is 10.0 Å². The van der Waals surface area contributed by atoms with Crippen molar-refractivity contribution in [3.05, 3.63) is 71.3 Å². The predicted molar refractivity (Wildman–Crippen MR) is 123 cm³/mol. The van der Waals surface area contributed by atoms with Crippen LogP contribution in [0.25, 0.3) is 5.69 Å². The van der Waals surface area contributed by atoms with Crippen LogP contribution < -0.4 is 0 Å². The molecule has 10 heteroatoms. The predicted octanol–water partition coefficient (Wildman–Crippen LogP) is 2.93. The Bertz CT molecular complexity index is 1230. The van der Waals surface area contributed by atoms with Gasteiger partial charge in [0.15, 0.2) is 0 Å². The van der Waals surface area contributed by atoms with Crippen molar-refractivity contribution >= 4 is 11.9 Å². The molecule has 0 radical (unpaired) electrons. The molecule has 1 aliphatic heterocycles. The molecule has 1 fully saturated rings. The van der Waals surface area contributed by atoms with Crippen molar-refractivity contribution in [3.8, 4) is 11.8 Å². The van der Waals surface area contributed by atoms with Crippen LogP contribution in [0.2, 0.25) is 0 Å².